The Bertz CT molecular complexity index is 399. The number of hydrogen-bond donors (Lipinski definition) is 0. The van der Waals surface area contributed by atoms with Gasteiger partial charge < -0.3 is 4.90 Å². The molecule has 0 N–H and O–H groups in total. The van der Waals surface area contributed by atoms with Crippen molar-refractivity contribution in [1.82, 2.24) is 4.90 Å². The first-order valence-electron chi connectivity index (χ1n) is 5.32. The molecule has 1 heterocycles. The van der Waals surface area contributed by atoms with Gasteiger partial charge in [0.2, 0.25) is 5.91 Å². The van der Waals surface area contributed by atoms with E-state index >= 15 is 0 Å². The lowest BCUT2D eigenvalue weighted by molar-refractivity contribution is -0.129. The first-order chi connectivity index (χ1) is 7.59. The Kier molecular flexibility index (Phi) is 3.41. The highest BCUT2D eigenvalue weighted by Crippen LogP contribution is 2.29. The van der Waals surface area contributed by atoms with Crippen molar-refractivity contribution in [3.05, 3.63) is 33.8 Å². The Labute approximate surface area is 105 Å². The van der Waals surface area contributed by atoms with E-state index < -0.39 is 0 Å². The molecule has 1 fully saturated rings. The minimum atomic E-state index is 0.184. The fraction of sp³-hybridized carbons (Fsp3) is 0.417. The second kappa shape index (κ2) is 4.64. The van der Waals surface area contributed by atoms with Crippen molar-refractivity contribution < 1.29 is 4.79 Å². The summed E-state index contributed by atoms with van der Waals surface area (Å²) in [7, 11) is 0. The minimum Gasteiger partial charge on any atom is -0.336 e. The molecule has 0 aromatic heterocycles. The molecule has 2 rings (SSSR count). The van der Waals surface area contributed by atoms with Crippen LogP contribution in [0.25, 0.3) is 0 Å². The van der Waals surface area contributed by atoms with E-state index in [1.807, 2.05) is 11.0 Å². The van der Waals surface area contributed by atoms with Crippen molar-refractivity contribution in [2.45, 2.75) is 32.4 Å². The van der Waals surface area contributed by atoms with Crippen LogP contribution in [0.4, 0.5) is 0 Å². The average Bonchev–Trinajstić information content (AvgIpc) is 2.54. The van der Waals surface area contributed by atoms with Gasteiger partial charge in [-0.3, -0.25) is 4.79 Å². The molecule has 1 aliphatic rings. The van der Waals surface area contributed by atoms with Crippen molar-refractivity contribution in [3.8, 4) is 0 Å². The van der Waals surface area contributed by atoms with Gasteiger partial charge >= 0.3 is 0 Å². The van der Waals surface area contributed by atoms with Crippen molar-refractivity contribution >= 4 is 29.1 Å². The summed E-state index contributed by atoms with van der Waals surface area (Å²) in [5.41, 5.74) is 0.841. The highest BCUT2D eigenvalue weighted by Gasteiger charge is 2.28. The van der Waals surface area contributed by atoms with Gasteiger partial charge in [0, 0.05) is 34.6 Å². The molecule has 0 aliphatic carbocycles. The molecule has 0 bridgehead atoms. The van der Waals surface area contributed by atoms with Crippen molar-refractivity contribution in [2.24, 2.45) is 0 Å². The quantitative estimate of drug-likeness (QED) is 0.794. The third kappa shape index (κ3) is 2.18. The molecule has 1 aromatic rings. The number of benzene rings is 1. The number of carbonyl (C=O) groups is 1. The van der Waals surface area contributed by atoms with Crippen LogP contribution >= 0.6 is 23.2 Å². The zero-order valence-corrected chi connectivity index (χ0v) is 10.6. The summed E-state index contributed by atoms with van der Waals surface area (Å²) in [6.07, 6.45) is 1.55. The molecule has 86 valence electrons. The van der Waals surface area contributed by atoms with Crippen molar-refractivity contribution in [1.29, 1.82) is 0 Å². The maximum absolute atomic E-state index is 11.7. The second-order valence-electron chi connectivity index (χ2n) is 4.11. The number of hydrogen-bond acceptors (Lipinski definition) is 1. The van der Waals surface area contributed by atoms with Crippen molar-refractivity contribution in [3.63, 3.8) is 0 Å². The molecule has 1 unspecified atom stereocenters. The molecule has 0 radical (unpaired) electrons. The molecule has 2 nitrogen and oxygen atoms in total. The van der Waals surface area contributed by atoms with E-state index in [4.69, 9.17) is 23.2 Å². The van der Waals surface area contributed by atoms with Gasteiger partial charge in [0.1, 0.15) is 0 Å². The molecule has 1 atom stereocenters. The zero-order valence-electron chi connectivity index (χ0n) is 9.04. The summed E-state index contributed by atoms with van der Waals surface area (Å²) in [4.78, 5) is 13.5. The normalized spacial score (nSPS) is 20.6. The predicted molar refractivity (Wildman–Crippen MR) is 65.7 cm³/mol. The van der Waals surface area contributed by atoms with Gasteiger partial charge in [0.15, 0.2) is 0 Å². The Morgan fingerprint density at radius 1 is 1.38 bits per heavy atom. The zero-order chi connectivity index (χ0) is 11.7. The van der Waals surface area contributed by atoms with E-state index in [1.54, 1.807) is 12.1 Å². The molecular formula is C12H13Cl2NO. The summed E-state index contributed by atoms with van der Waals surface area (Å²) in [6, 6.07) is 5.69. The van der Waals surface area contributed by atoms with Gasteiger partial charge in [-0.05, 0) is 25.5 Å². The van der Waals surface area contributed by atoms with Crippen LogP contribution in [0.3, 0.4) is 0 Å². The second-order valence-corrected chi connectivity index (χ2v) is 4.92. The van der Waals surface area contributed by atoms with Crippen LogP contribution in [0.5, 0.6) is 0 Å². The molecule has 1 aliphatic heterocycles. The highest BCUT2D eigenvalue weighted by molar-refractivity contribution is 6.36. The third-order valence-electron chi connectivity index (χ3n) is 3.02. The van der Waals surface area contributed by atoms with E-state index in [9.17, 15) is 4.79 Å². The van der Waals surface area contributed by atoms with Gasteiger partial charge in [-0.15, -0.1) is 0 Å². The van der Waals surface area contributed by atoms with Crippen molar-refractivity contribution in [2.75, 3.05) is 0 Å². The summed E-state index contributed by atoms with van der Waals surface area (Å²) in [6.45, 7) is 2.56. The van der Waals surface area contributed by atoms with Crippen LogP contribution in [-0.4, -0.2) is 16.8 Å². The third-order valence-corrected chi connectivity index (χ3v) is 3.73. The molecule has 1 amide bonds. The lowest BCUT2D eigenvalue weighted by Gasteiger charge is -2.22. The molecule has 1 aromatic carbocycles. The van der Waals surface area contributed by atoms with E-state index in [0.29, 0.717) is 23.0 Å². The lowest BCUT2D eigenvalue weighted by atomic mass is 10.2. The first-order valence-corrected chi connectivity index (χ1v) is 6.07. The lowest BCUT2D eigenvalue weighted by Crippen LogP contribution is -2.30. The van der Waals surface area contributed by atoms with Crippen LogP contribution in [0.1, 0.15) is 25.3 Å². The van der Waals surface area contributed by atoms with Crippen LogP contribution in [-0.2, 0) is 11.3 Å². The summed E-state index contributed by atoms with van der Waals surface area (Å²) in [5, 5.41) is 1.25. The Hall–Kier alpha value is -0.730. The van der Waals surface area contributed by atoms with Gasteiger partial charge in [-0.1, -0.05) is 29.3 Å². The van der Waals surface area contributed by atoms with E-state index in [2.05, 4.69) is 6.92 Å². The number of amides is 1. The number of likely N-dealkylation sites (tertiary alicyclic amines) is 1. The van der Waals surface area contributed by atoms with Crippen LogP contribution in [0.2, 0.25) is 10.0 Å². The predicted octanol–water partition coefficient (Wildman–Crippen LogP) is 3.50. The van der Waals surface area contributed by atoms with Crippen LogP contribution in [0.15, 0.2) is 18.2 Å². The number of nitrogens with zero attached hydrogens (tertiary/aromatic N) is 1. The van der Waals surface area contributed by atoms with Crippen LogP contribution < -0.4 is 0 Å². The molecule has 0 spiro atoms. The molecular weight excluding hydrogens is 245 g/mol. The fourth-order valence-electron chi connectivity index (χ4n) is 1.98. The van der Waals surface area contributed by atoms with Gasteiger partial charge in [0.25, 0.3) is 0 Å². The summed E-state index contributed by atoms with van der Waals surface area (Å²) in [5.74, 6) is 0.184. The Morgan fingerprint density at radius 2 is 2.00 bits per heavy atom. The molecule has 16 heavy (non-hydrogen) atoms. The highest BCUT2D eigenvalue weighted by atomic mass is 35.5. The van der Waals surface area contributed by atoms with E-state index in [0.717, 1.165) is 12.0 Å². The topological polar surface area (TPSA) is 20.3 Å². The molecule has 1 saturated heterocycles. The smallest absolute Gasteiger partial charge is 0.223 e. The maximum atomic E-state index is 11.7. The largest absolute Gasteiger partial charge is 0.336 e. The van der Waals surface area contributed by atoms with Gasteiger partial charge in [0.05, 0.1) is 0 Å². The Morgan fingerprint density at radius 3 is 2.50 bits per heavy atom. The average molecular weight is 258 g/mol. The summed E-state index contributed by atoms with van der Waals surface area (Å²) >= 11 is 12.2. The number of rotatable bonds is 2. The number of carbonyl (C=O) groups excluding carboxylic acids is 1. The maximum Gasteiger partial charge on any atom is 0.223 e. The van der Waals surface area contributed by atoms with E-state index in [-0.39, 0.29) is 11.9 Å². The van der Waals surface area contributed by atoms with Crippen LogP contribution in [0, 0.1) is 0 Å². The number of halogens is 2. The molecule has 0 saturated carbocycles. The first kappa shape index (κ1) is 11.7. The fourth-order valence-corrected chi connectivity index (χ4v) is 2.49. The Balaban J connectivity index is 2.23. The summed E-state index contributed by atoms with van der Waals surface area (Å²) < 4.78 is 0. The SMILES string of the molecule is CC1CCC(=O)N1Cc1c(Cl)cccc1Cl. The van der Waals surface area contributed by atoms with Gasteiger partial charge in [-0.25, -0.2) is 0 Å². The van der Waals surface area contributed by atoms with Gasteiger partial charge in [-0.2, -0.15) is 0 Å². The minimum absolute atomic E-state index is 0.184. The van der Waals surface area contributed by atoms with E-state index in [1.165, 1.54) is 0 Å². The monoisotopic (exact) mass is 257 g/mol. The standard InChI is InChI=1S/C12H13Cl2NO/c1-8-5-6-12(16)15(8)7-9-10(13)3-2-4-11(9)14/h2-4,8H,5-7H2,1H3. The molecule has 4 heteroatoms.